The highest BCUT2D eigenvalue weighted by molar-refractivity contribution is 5.96. The second-order valence-electron chi connectivity index (χ2n) is 4.64. The number of carbonyl (C=O) groups excluding carboxylic acids is 2. The van der Waals surface area contributed by atoms with Crippen molar-refractivity contribution in [2.24, 2.45) is 0 Å². The van der Waals surface area contributed by atoms with Crippen LogP contribution in [0.5, 0.6) is 0 Å². The van der Waals surface area contributed by atoms with Crippen LogP contribution in [0.15, 0.2) is 39.5 Å². The molecular formula is C15H18N2O6. The van der Waals surface area contributed by atoms with Crippen LogP contribution in [0.2, 0.25) is 0 Å². The fourth-order valence-corrected chi connectivity index (χ4v) is 1.90. The molecule has 1 heterocycles. The van der Waals surface area contributed by atoms with Crippen LogP contribution in [-0.4, -0.2) is 34.3 Å². The maximum atomic E-state index is 12.1. The van der Waals surface area contributed by atoms with E-state index < -0.39 is 29.4 Å². The highest BCUT2D eigenvalue weighted by atomic mass is 16.5. The summed E-state index contributed by atoms with van der Waals surface area (Å²) in [6.45, 7) is 1.26. The van der Waals surface area contributed by atoms with E-state index in [9.17, 15) is 19.5 Å². The van der Waals surface area contributed by atoms with Crippen LogP contribution in [-0.2, 0) is 4.79 Å². The van der Waals surface area contributed by atoms with Crippen molar-refractivity contribution in [3.8, 4) is 0 Å². The van der Waals surface area contributed by atoms with Crippen molar-refractivity contribution in [1.29, 1.82) is 0 Å². The van der Waals surface area contributed by atoms with Crippen LogP contribution in [0.4, 0.5) is 0 Å². The van der Waals surface area contributed by atoms with Gasteiger partial charge in [-0.3, -0.25) is 19.6 Å². The second-order valence-corrected chi connectivity index (χ2v) is 4.64. The van der Waals surface area contributed by atoms with E-state index in [0.717, 1.165) is 6.07 Å². The van der Waals surface area contributed by atoms with E-state index >= 15 is 0 Å². The molecule has 2 aromatic rings. The molecule has 0 aliphatic heterocycles. The smallest absolute Gasteiger partial charge is 0.287 e. The lowest BCUT2D eigenvalue weighted by atomic mass is 10.1. The van der Waals surface area contributed by atoms with Gasteiger partial charge in [-0.2, -0.15) is 0 Å². The maximum absolute atomic E-state index is 12.1. The Morgan fingerprint density at radius 3 is 2.52 bits per heavy atom. The third-order valence-electron chi connectivity index (χ3n) is 3.02. The normalized spacial score (nSPS) is 12.8. The van der Waals surface area contributed by atoms with Crippen LogP contribution in [0.1, 0.15) is 24.9 Å². The van der Waals surface area contributed by atoms with Gasteiger partial charge in [0.15, 0.2) is 11.2 Å². The zero-order valence-corrected chi connectivity index (χ0v) is 11.6. The van der Waals surface area contributed by atoms with Gasteiger partial charge in [0, 0.05) is 6.07 Å². The number of aliphatic hydroxyl groups is 1. The number of hydroxylamine groups is 1. The van der Waals surface area contributed by atoms with Crippen molar-refractivity contribution >= 4 is 22.8 Å². The number of fused-ring (bicyclic) bond motifs is 1. The van der Waals surface area contributed by atoms with E-state index in [0.29, 0.717) is 5.39 Å². The van der Waals surface area contributed by atoms with Crippen LogP contribution in [0.3, 0.4) is 0 Å². The third kappa shape index (κ3) is 3.93. The van der Waals surface area contributed by atoms with Crippen LogP contribution >= 0.6 is 0 Å². The number of aliphatic hydroxyl groups excluding tert-OH is 1. The summed E-state index contributed by atoms with van der Waals surface area (Å²) in [6.07, 6.45) is -1.26. The molecular weight excluding hydrogens is 304 g/mol. The number of rotatable bonds is 4. The molecule has 8 nitrogen and oxygen atoms in total. The predicted octanol–water partition coefficient (Wildman–Crippen LogP) is 0.414. The Bertz CT molecular complexity index is 768. The first-order valence-corrected chi connectivity index (χ1v) is 6.40. The summed E-state index contributed by atoms with van der Waals surface area (Å²) in [5.41, 5.74) is 1.15. The van der Waals surface area contributed by atoms with Gasteiger partial charge in [-0.25, -0.2) is 5.48 Å². The van der Waals surface area contributed by atoms with Gasteiger partial charge in [-0.05, 0) is 19.1 Å². The van der Waals surface area contributed by atoms with E-state index in [-0.39, 0.29) is 18.8 Å². The molecule has 0 fully saturated rings. The average Bonchev–Trinajstić information content (AvgIpc) is 2.51. The zero-order chi connectivity index (χ0) is 16.3. The van der Waals surface area contributed by atoms with Gasteiger partial charge < -0.3 is 14.8 Å². The molecule has 4 N–H and O–H groups in total. The lowest BCUT2D eigenvalue weighted by Gasteiger charge is -2.18. The van der Waals surface area contributed by atoms with Gasteiger partial charge in [-0.1, -0.05) is 19.6 Å². The van der Waals surface area contributed by atoms with Crippen molar-refractivity contribution in [2.45, 2.75) is 26.5 Å². The van der Waals surface area contributed by atoms with Crippen molar-refractivity contribution < 1.29 is 24.3 Å². The topological polar surface area (TPSA) is 129 Å². The van der Waals surface area contributed by atoms with Crippen molar-refractivity contribution in [3.63, 3.8) is 0 Å². The highest BCUT2D eigenvalue weighted by Gasteiger charge is 2.26. The quantitative estimate of drug-likeness (QED) is 0.477. The molecule has 1 aromatic heterocycles. The molecule has 2 rings (SSSR count). The minimum atomic E-state index is -1.39. The first kappa shape index (κ1) is 18.3. The number of benzene rings is 1. The van der Waals surface area contributed by atoms with E-state index in [2.05, 4.69) is 5.32 Å². The summed E-state index contributed by atoms with van der Waals surface area (Å²) in [5, 5.41) is 20.5. The number of nitrogens with one attached hydrogen (secondary N) is 2. The molecule has 124 valence electrons. The first-order chi connectivity index (χ1) is 10.4. The fourth-order valence-electron chi connectivity index (χ4n) is 1.90. The molecule has 8 heteroatoms. The largest absolute Gasteiger partial charge is 0.451 e. The van der Waals surface area contributed by atoms with Crippen molar-refractivity contribution in [3.05, 3.63) is 46.3 Å². The number of carbonyl (C=O) groups is 2. The highest BCUT2D eigenvalue weighted by Crippen LogP contribution is 2.11. The Hall–Kier alpha value is -2.71. The monoisotopic (exact) mass is 322 g/mol. The minimum absolute atomic E-state index is 0. The second kappa shape index (κ2) is 7.52. The number of hydrogen-bond acceptors (Lipinski definition) is 6. The van der Waals surface area contributed by atoms with Gasteiger partial charge in [0.25, 0.3) is 11.8 Å². The Labute approximate surface area is 131 Å². The molecule has 0 unspecified atom stereocenters. The maximum Gasteiger partial charge on any atom is 0.287 e. The molecule has 1 aromatic carbocycles. The van der Waals surface area contributed by atoms with Crippen LogP contribution in [0.25, 0.3) is 11.0 Å². The Balaban J connectivity index is 0.00000264. The molecule has 0 spiro atoms. The van der Waals surface area contributed by atoms with E-state index in [4.69, 9.17) is 9.62 Å². The fraction of sp³-hybridized carbons (Fsp3) is 0.267. The Kier molecular flexibility index (Phi) is 6.00. The SMILES string of the molecule is C.C[C@@H](O)[C@H](NC(=O)c1cc(=O)c2ccccc2o1)C(=O)NO. The molecule has 0 saturated heterocycles. The minimum Gasteiger partial charge on any atom is -0.451 e. The number of hydrogen-bond donors (Lipinski definition) is 4. The standard InChI is InChI=1S/C14H14N2O6.CH4/c1-7(17)12(14(20)16-21)15-13(19)11-6-9(18)8-4-2-3-5-10(8)22-11;/h2-7,12,17,21H,1H3,(H,15,19)(H,16,20);1H4/t7-,12+;/m1./s1. The molecule has 23 heavy (non-hydrogen) atoms. The third-order valence-corrected chi connectivity index (χ3v) is 3.02. The van der Waals surface area contributed by atoms with E-state index in [1.807, 2.05) is 0 Å². The Morgan fingerprint density at radius 2 is 1.91 bits per heavy atom. The van der Waals surface area contributed by atoms with Crippen LogP contribution in [0, 0.1) is 0 Å². The van der Waals surface area contributed by atoms with Crippen molar-refractivity contribution in [1.82, 2.24) is 10.8 Å². The number of amides is 2. The molecule has 2 amide bonds. The lowest BCUT2D eigenvalue weighted by Crippen LogP contribution is -2.51. The lowest BCUT2D eigenvalue weighted by molar-refractivity contribution is -0.133. The summed E-state index contributed by atoms with van der Waals surface area (Å²) < 4.78 is 5.31. The van der Waals surface area contributed by atoms with Gasteiger partial charge in [-0.15, -0.1) is 0 Å². The van der Waals surface area contributed by atoms with Crippen LogP contribution < -0.4 is 16.2 Å². The van der Waals surface area contributed by atoms with Gasteiger partial charge in [0.05, 0.1) is 11.5 Å². The van der Waals surface area contributed by atoms with E-state index in [1.165, 1.54) is 18.5 Å². The molecule has 0 radical (unpaired) electrons. The summed E-state index contributed by atoms with van der Waals surface area (Å²) >= 11 is 0. The summed E-state index contributed by atoms with van der Waals surface area (Å²) in [6, 6.07) is 5.99. The molecule has 0 aliphatic rings. The molecule has 2 atom stereocenters. The van der Waals surface area contributed by atoms with Gasteiger partial charge in [0.1, 0.15) is 11.6 Å². The van der Waals surface area contributed by atoms with Crippen molar-refractivity contribution in [2.75, 3.05) is 0 Å². The summed E-state index contributed by atoms with van der Waals surface area (Å²) in [4.78, 5) is 35.3. The zero-order valence-electron chi connectivity index (χ0n) is 11.6. The molecule has 0 saturated carbocycles. The first-order valence-electron chi connectivity index (χ1n) is 6.40. The van der Waals surface area contributed by atoms with Gasteiger partial charge in [0.2, 0.25) is 0 Å². The van der Waals surface area contributed by atoms with Gasteiger partial charge >= 0.3 is 0 Å². The molecule has 0 aliphatic carbocycles. The molecule has 0 bridgehead atoms. The number of para-hydroxylation sites is 1. The summed E-state index contributed by atoms with van der Waals surface area (Å²) in [5.74, 6) is -2.16. The summed E-state index contributed by atoms with van der Waals surface area (Å²) in [7, 11) is 0. The Morgan fingerprint density at radius 1 is 1.26 bits per heavy atom. The predicted molar refractivity (Wildman–Crippen MR) is 82.1 cm³/mol. The van der Waals surface area contributed by atoms with E-state index in [1.54, 1.807) is 18.2 Å². The average molecular weight is 322 g/mol.